The first-order valence-corrected chi connectivity index (χ1v) is 8.30. The summed E-state index contributed by atoms with van der Waals surface area (Å²) in [6.07, 6.45) is 9.16. The van der Waals surface area contributed by atoms with Crippen LogP contribution in [0.15, 0.2) is 22.7 Å². The van der Waals surface area contributed by atoms with Crippen LogP contribution in [0.4, 0.5) is 0 Å². The molecular formula is C16H22BrClO. The van der Waals surface area contributed by atoms with Crippen molar-refractivity contribution in [3.8, 4) is 0 Å². The Morgan fingerprint density at radius 1 is 1.11 bits per heavy atom. The first-order valence-electron chi connectivity index (χ1n) is 7.13. The molecule has 19 heavy (non-hydrogen) atoms. The predicted octanol–water partition coefficient (Wildman–Crippen LogP) is 6.43. The number of carbonyl (C=O) groups excluding carboxylic acids is 1. The third-order valence-electron chi connectivity index (χ3n) is 3.24. The zero-order chi connectivity index (χ0) is 14.1. The molecule has 0 aliphatic heterocycles. The molecule has 0 unspecified atom stereocenters. The van der Waals surface area contributed by atoms with Crippen molar-refractivity contribution in [1.82, 2.24) is 0 Å². The molecule has 0 fully saturated rings. The monoisotopic (exact) mass is 344 g/mol. The molecule has 1 nitrogen and oxygen atoms in total. The lowest BCUT2D eigenvalue weighted by molar-refractivity contribution is 0.0979. The Balaban J connectivity index is 2.26. The molecule has 0 saturated heterocycles. The molecule has 0 spiro atoms. The minimum absolute atomic E-state index is 0.153. The van der Waals surface area contributed by atoms with Crippen LogP contribution in [-0.2, 0) is 0 Å². The largest absolute Gasteiger partial charge is 0.294 e. The molecular weight excluding hydrogens is 324 g/mol. The Kier molecular flexibility index (Phi) is 8.40. The van der Waals surface area contributed by atoms with Gasteiger partial charge in [-0.1, -0.05) is 73.0 Å². The highest BCUT2D eigenvalue weighted by molar-refractivity contribution is 9.10. The van der Waals surface area contributed by atoms with Crippen LogP contribution in [0.5, 0.6) is 0 Å². The van der Waals surface area contributed by atoms with Crippen molar-refractivity contribution in [3.05, 3.63) is 33.3 Å². The number of rotatable bonds is 9. The van der Waals surface area contributed by atoms with Gasteiger partial charge in [0, 0.05) is 16.5 Å². The van der Waals surface area contributed by atoms with E-state index < -0.39 is 0 Å². The van der Waals surface area contributed by atoms with Gasteiger partial charge in [-0.05, 0) is 24.6 Å². The van der Waals surface area contributed by atoms with E-state index in [1.165, 1.54) is 32.1 Å². The summed E-state index contributed by atoms with van der Waals surface area (Å²) >= 11 is 9.42. The van der Waals surface area contributed by atoms with Crippen molar-refractivity contribution in [2.24, 2.45) is 0 Å². The molecule has 1 rings (SSSR count). The van der Waals surface area contributed by atoms with Crippen LogP contribution >= 0.6 is 27.5 Å². The van der Waals surface area contributed by atoms with Crippen LogP contribution in [0.3, 0.4) is 0 Å². The lowest BCUT2D eigenvalue weighted by Gasteiger charge is -2.04. The summed E-state index contributed by atoms with van der Waals surface area (Å²) in [4.78, 5) is 12.0. The molecule has 0 bridgehead atoms. The molecule has 0 amide bonds. The second-order valence-corrected chi connectivity index (χ2v) is 6.24. The molecule has 1 aromatic carbocycles. The molecule has 0 aromatic heterocycles. The van der Waals surface area contributed by atoms with Gasteiger partial charge in [0.15, 0.2) is 5.78 Å². The van der Waals surface area contributed by atoms with Crippen LogP contribution < -0.4 is 0 Å². The summed E-state index contributed by atoms with van der Waals surface area (Å²) in [5.74, 6) is 0.153. The standard InChI is InChI=1S/C16H22BrClO/c1-2-3-4-5-6-7-8-9-16(19)14-12-13(17)10-11-15(14)18/h10-12H,2-9H2,1H3. The van der Waals surface area contributed by atoms with E-state index in [2.05, 4.69) is 22.9 Å². The first kappa shape index (κ1) is 16.7. The van der Waals surface area contributed by atoms with Crippen LogP contribution in [0, 0.1) is 0 Å². The Morgan fingerprint density at radius 2 is 1.74 bits per heavy atom. The van der Waals surface area contributed by atoms with Gasteiger partial charge in [-0.3, -0.25) is 4.79 Å². The lowest BCUT2D eigenvalue weighted by Crippen LogP contribution is -2.00. The molecule has 0 aliphatic rings. The summed E-state index contributed by atoms with van der Waals surface area (Å²) < 4.78 is 0.903. The fraction of sp³-hybridized carbons (Fsp3) is 0.562. The van der Waals surface area contributed by atoms with E-state index in [1.54, 1.807) is 6.07 Å². The van der Waals surface area contributed by atoms with E-state index in [9.17, 15) is 4.79 Å². The zero-order valence-corrected chi connectivity index (χ0v) is 13.9. The highest BCUT2D eigenvalue weighted by Crippen LogP contribution is 2.23. The molecule has 0 aliphatic carbocycles. The first-order chi connectivity index (χ1) is 9.15. The van der Waals surface area contributed by atoms with Crippen LogP contribution in [0.25, 0.3) is 0 Å². The van der Waals surface area contributed by atoms with Crippen molar-refractivity contribution in [2.45, 2.75) is 58.3 Å². The molecule has 0 saturated carbocycles. The maximum absolute atomic E-state index is 12.0. The Hall–Kier alpha value is -0.340. The highest BCUT2D eigenvalue weighted by Gasteiger charge is 2.10. The minimum Gasteiger partial charge on any atom is -0.294 e. The fourth-order valence-corrected chi connectivity index (χ4v) is 2.67. The highest BCUT2D eigenvalue weighted by atomic mass is 79.9. The maximum Gasteiger partial charge on any atom is 0.164 e. The number of halogens is 2. The third-order valence-corrected chi connectivity index (χ3v) is 4.06. The van der Waals surface area contributed by atoms with Crippen LogP contribution in [-0.4, -0.2) is 5.78 Å². The van der Waals surface area contributed by atoms with Gasteiger partial charge in [-0.25, -0.2) is 0 Å². The lowest BCUT2D eigenvalue weighted by atomic mass is 10.0. The van der Waals surface area contributed by atoms with E-state index in [-0.39, 0.29) is 5.78 Å². The Labute approximate surface area is 129 Å². The number of benzene rings is 1. The van der Waals surface area contributed by atoms with Crippen molar-refractivity contribution >= 4 is 33.3 Å². The van der Waals surface area contributed by atoms with Crippen molar-refractivity contribution in [2.75, 3.05) is 0 Å². The summed E-state index contributed by atoms with van der Waals surface area (Å²) in [7, 11) is 0. The number of Topliss-reactive ketones (excluding diaryl/α,β-unsaturated/α-hetero) is 1. The summed E-state index contributed by atoms with van der Waals surface area (Å²) in [5, 5.41) is 0.552. The van der Waals surface area contributed by atoms with Crippen molar-refractivity contribution < 1.29 is 4.79 Å². The molecule has 0 radical (unpaired) electrons. The Bertz CT molecular complexity index is 404. The average Bonchev–Trinajstić information content (AvgIpc) is 2.40. The molecule has 1 aromatic rings. The van der Waals surface area contributed by atoms with Gasteiger partial charge in [0.1, 0.15) is 0 Å². The maximum atomic E-state index is 12.0. The minimum atomic E-state index is 0.153. The normalized spacial score (nSPS) is 10.7. The second-order valence-electron chi connectivity index (χ2n) is 4.92. The number of hydrogen-bond acceptors (Lipinski definition) is 1. The van der Waals surface area contributed by atoms with Gasteiger partial charge < -0.3 is 0 Å². The van der Waals surface area contributed by atoms with Gasteiger partial charge in [-0.15, -0.1) is 0 Å². The van der Waals surface area contributed by atoms with Gasteiger partial charge in [-0.2, -0.15) is 0 Å². The second kappa shape index (κ2) is 9.55. The van der Waals surface area contributed by atoms with E-state index in [0.29, 0.717) is 17.0 Å². The van der Waals surface area contributed by atoms with Gasteiger partial charge >= 0.3 is 0 Å². The van der Waals surface area contributed by atoms with E-state index in [4.69, 9.17) is 11.6 Å². The van der Waals surface area contributed by atoms with Gasteiger partial charge in [0.25, 0.3) is 0 Å². The predicted molar refractivity (Wildman–Crippen MR) is 86.1 cm³/mol. The quantitative estimate of drug-likeness (QED) is 0.372. The average molecular weight is 346 g/mol. The van der Waals surface area contributed by atoms with Gasteiger partial charge in [0.2, 0.25) is 0 Å². The Morgan fingerprint density at radius 3 is 2.42 bits per heavy atom. The topological polar surface area (TPSA) is 17.1 Å². The summed E-state index contributed by atoms with van der Waals surface area (Å²) in [5.41, 5.74) is 0.641. The van der Waals surface area contributed by atoms with Crippen molar-refractivity contribution in [1.29, 1.82) is 0 Å². The number of carbonyl (C=O) groups is 1. The molecule has 106 valence electrons. The molecule has 0 N–H and O–H groups in total. The molecule has 0 atom stereocenters. The number of hydrogen-bond donors (Lipinski definition) is 0. The fourth-order valence-electron chi connectivity index (χ4n) is 2.09. The molecule has 0 heterocycles. The van der Waals surface area contributed by atoms with Crippen molar-refractivity contribution in [3.63, 3.8) is 0 Å². The number of unbranched alkanes of at least 4 members (excludes halogenated alkanes) is 6. The van der Waals surface area contributed by atoms with Gasteiger partial charge in [0.05, 0.1) is 5.02 Å². The van der Waals surface area contributed by atoms with E-state index in [1.807, 2.05) is 12.1 Å². The number of ketones is 1. The molecule has 3 heteroatoms. The third kappa shape index (κ3) is 6.58. The van der Waals surface area contributed by atoms with Crippen LogP contribution in [0.2, 0.25) is 5.02 Å². The van der Waals surface area contributed by atoms with Crippen LogP contribution in [0.1, 0.15) is 68.6 Å². The summed E-state index contributed by atoms with van der Waals surface area (Å²) in [6.45, 7) is 2.22. The zero-order valence-electron chi connectivity index (χ0n) is 11.6. The van der Waals surface area contributed by atoms with E-state index in [0.717, 1.165) is 17.3 Å². The smallest absolute Gasteiger partial charge is 0.164 e. The SMILES string of the molecule is CCCCCCCCCC(=O)c1cc(Br)ccc1Cl. The van der Waals surface area contributed by atoms with E-state index >= 15 is 0 Å². The summed E-state index contributed by atoms with van der Waals surface area (Å²) in [6, 6.07) is 5.43.